The van der Waals surface area contributed by atoms with Crippen molar-refractivity contribution in [2.45, 2.75) is 19.4 Å². The summed E-state index contributed by atoms with van der Waals surface area (Å²) in [5.74, 6) is 0.629. The number of pyridine rings is 1. The van der Waals surface area contributed by atoms with E-state index in [4.69, 9.17) is 5.26 Å². The van der Waals surface area contributed by atoms with Crippen molar-refractivity contribution < 1.29 is 0 Å². The largest absolute Gasteiger partial charge is 0.309 e. The van der Waals surface area contributed by atoms with E-state index in [1.54, 1.807) is 6.08 Å². The van der Waals surface area contributed by atoms with Gasteiger partial charge in [-0.25, -0.2) is 4.98 Å². The molecule has 0 spiro atoms. The number of hydrogen-bond donors (Lipinski definition) is 0. The lowest BCUT2D eigenvalue weighted by Crippen LogP contribution is -2.13. The first-order valence-corrected chi connectivity index (χ1v) is 7.89. The van der Waals surface area contributed by atoms with Gasteiger partial charge in [0.1, 0.15) is 4.83 Å². The predicted octanol–water partition coefficient (Wildman–Crippen LogP) is 3.52. The minimum absolute atomic E-state index is 0.0277. The van der Waals surface area contributed by atoms with E-state index >= 15 is 0 Å². The molecule has 0 unspecified atom stereocenters. The van der Waals surface area contributed by atoms with Crippen molar-refractivity contribution in [3.8, 4) is 6.07 Å². The second kappa shape index (κ2) is 5.74. The fourth-order valence-electron chi connectivity index (χ4n) is 2.40. The summed E-state index contributed by atoms with van der Waals surface area (Å²) in [5, 5.41) is 9.15. The summed E-state index contributed by atoms with van der Waals surface area (Å²) in [4.78, 5) is 17.4. The van der Waals surface area contributed by atoms with Gasteiger partial charge in [0.05, 0.1) is 22.9 Å². The molecule has 0 amide bonds. The lowest BCUT2D eigenvalue weighted by Gasteiger charge is -2.05. The highest BCUT2D eigenvalue weighted by molar-refractivity contribution is 7.16. The third kappa shape index (κ3) is 2.53. The van der Waals surface area contributed by atoms with E-state index in [1.165, 1.54) is 18.9 Å². The maximum Gasteiger partial charge on any atom is 0.309 e. The van der Waals surface area contributed by atoms with Gasteiger partial charge in [0.2, 0.25) is 0 Å². The van der Waals surface area contributed by atoms with Gasteiger partial charge < -0.3 is 0 Å². The van der Waals surface area contributed by atoms with Crippen LogP contribution in [0.3, 0.4) is 0 Å². The van der Waals surface area contributed by atoms with Crippen LogP contribution in [0.5, 0.6) is 0 Å². The fourth-order valence-corrected chi connectivity index (χ4v) is 3.27. The minimum atomic E-state index is 0.0277. The average molecular weight is 309 g/mol. The van der Waals surface area contributed by atoms with E-state index in [-0.39, 0.29) is 4.87 Å². The molecule has 1 fully saturated rings. The van der Waals surface area contributed by atoms with Gasteiger partial charge in [0.15, 0.2) is 0 Å². The van der Waals surface area contributed by atoms with Crippen molar-refractivity contribution in [3.63, 3.8) is 0 Å². The maximum absolute atomic E-state index is 12.1. The van der Waals surface area contributed by atoms with Gasteiger partial charge in [-0.1, -0.05) is 36.6 Å². The molecule has 1 aliphatic carbocycles. The highest BCUT2D eigenvalue weighted by Gasteiger charge is 2.24. The molecule has 0 radical (unpaired) electrons. The number of nitrogens with zero attached hydrogens (tertiary/aromatic N) is 3. The molecule has 2 aromatic heterocycles. The molecule has 5 heteroatoms. The molecule has 2 heterocycles. The number of rotatable bonds is 5. The third-order valence-corrected chi connectivity index (χ3v) is 4.66. The molecule has 110 valence electrons. The molecule has 1 saturated carbocycles. The molecule has 4 nitrogen and oxygen atoms in total. The van der Waals surface area contributed by atoms with Crippen LogP contribution in [0.1, 0.15) is 18.5 Å². The van der Waals surface area contributed by atoms with Gasteiger partial charge in [-0.05, 0) is 30.9 Å². The smallest absolute Gasteiger partial charge is 0.297 e. The van der Waals surface area contributed by atoms with Crippen molar-refractivity contribution in [3.05, 3.63) is 58.4 Å². The van der Waals surface area contributed by atoms with Crippen LogP contribution >= 0.6 is 11.3 Å². The Morgan fingerprint density at radius 2 is 2.23 bits per heavy atom. The second-order valence-corrected chi connectivity index (χ2v) is 6.23. The first-order valence-electron chi connectivity index (χ1n) is 7.08. The second-order valence-electron chi connectivity index (χ2n) is 5.29. The number of thiazole rings is 1. The molecule has 0 atom stereocenters. The van der Waals surface area contributed by atoms with Crippen LogP contribution in [0.4, 0.5) is 0 Å². The van der Waals surface area contributed by atoms with Crippen LogP contribution in [0.2, 0.25) is 0 Å². The molecule has 22 heavy (non-hydrogen) atoms. The van der Waals surface area contributed by atoms with E-state index in [2.05, 4.69) is 24.2 Å². The monoisotopic (exact) mass is 309 g/mol. The molecular formula is C17H15N3OS. The molecule has 0 aromatic carbocycles. The molecule has 3 rings (SSSR count). The van der Waals surface area contributed by atoms with Gasteiger partial charge in [0, 0.05) is 12.1 Å². The van der Waals surface area contributed by atoms with Crippen LogP contribution in [-0.4, -0.2) is 9.55 Å². The summed E-state index contributed by atoms with van der Waals surface area (Å²) in [7, 11) is 0. The zero-order valence-corrected chi connectivity index (χ0v) is 12.9. The van der Waals surface area contributed by atoms with Crippen molar-refractivity contribution in [1.82, 2.24) is 9.55 Å². The quantitative estimate of drug-likeness (QED) is 0.627. The van der Waals surface area contributed by atoms with Crippen LogP contribution < -0.4 is 4.87 Å². The predicted molar refractivity (Wildman–Crippen MR) is 89.5 cm³/mol. The number of nitriles is 1. The molecule has 1 aliphatic rings. The summed E-state index contributed by atoms with van der Waals surface area (Å²) in [6.07, 6.45) is 5.48. The highest BCUT2D eigenvalue weighted by atomic mass is 32.1. The van der Waals surface area contributed by atoms with Crippen molar-refractivity contribution >= 4 is 27.3 Å². The van der Waals surface area contributed by atoms with Crippen LogP contribution in [-0.2, 0) is 6.54 Å². The molecule has 0 aliphatic heterocycles. The Morgan fingerprint density at radius 3 is 2.82 bits per heavy atom. The van der Waals surface area contributed by atoms with Gasteiger partial charge >= 0.3 is 4.87 Å². The van der Waals surface area contributed by atoms with Crippen LogP contribution in [0.15, 0.2) is 47.8 Å². The summed E-state index contributed by atoms with van der Waals surface area (Å²) in [6, 6.07) is 5.82. The highest BCUT2D eigenvalue weighted by Crippen LogP contribution is 2.32. The lowest BCUT2D eigenvalue weighted by molar-refractivity contribution is 0.636. The molecule has 2 aromatic rings. The van der Waals surface area contributed by atoms with Gasteiger partial charge in [-0.3, -0.25) is 9.36 Å². The third-order valence-electron chi connectivity index (χ3n) is 3.77. The Balaban J connectivity index is 2.13. The number of allylic oxidation sites excluding steroid dienone is 4. The zero-order valence-electron chi connectivity index (χ0n) is 12.1. The zero-order chi connectivity index (χ0) is 15.7. The van der Waals surface area contributed by atoms with Gasteiger partial charge in [-0.15, -0.1) is 0 Å². The summed E-state index contributed by atoms with van der Waals surface area (Å²) < 4.78 is 1.81. The maximum atomic E-state index is 12.1. The van der Waals surface area contributed by atoms with E-state index in [9.17, 15) is 4.79 Å². The van der Waals surface area contributed by atoms with Gasteiger partial charge in [0.25, 0.3) is 0 Å². The first-order chi connectivity index (χ1) is 10.7. The Morgan fingerprint density at radius 1 is 1.45 bits per heavy atom. The summed E-state index contributed by atoms with van der Waals surface area (Å²) in [5.41, 5.74) is 2.56. The topological polar surface area (TPSA) is 58.7 Å². The van der Waals surface area contributed by atoms with Crippen LogP contribution in [0, 0.1) is 17.2 Å². The number of fused-ring (bicyclic) bond motifs is 1. The Kier molecular flexibility index (Phi) is 3.78. The SMILES string of the molecule is C=CC(C#N)=C(C=C)c1ccc2c(n1)sc(=O)n2CC1CC1. The van der Waals surface area contributed by atoms with Crippen molar-refractivity contribution in [2.75, 3.05) is 0 Å². The summed E-state index contributed by atoms with van der Waals surface area (Å²) in [6.45, 7) is 8.16. The molecule has 0 saturated heterocycles. The molecule has 0 N–H and O–H groups in total. The Hall–Kier alpha value is -2.45. The Labute approximate surface area is 132 Å². The summed E-state index contributed by atoms with van der Waals surface area (Å²) >= 11 is 1.15. The Bertz CT molecular complexity index is 891. The number of aromatic nitrogens is 2. The van der Waals surface area contributed by atoms with Crippen molar-refractivity contribution in [1.29, 1.82) is 5.26 Å². The van der Waals surface area contributed by atoms with Crippen molar-refractivity contribution in [2.24, 2.45) is 5.92 Å². The lowest BCUT2D eigenvalue weighted by atomic mass is 10.1. The normalized spacial score (nSPS) is 15.2. The minimum Gasteiger partial charge on any atom is -0.297 e. The van der Waals surface area contributed by atoms with E-state index in [1.807, 2.05) is 16.7 Å². The van der Waals surface area contributed by atoms with Gasteiger partial charge in [-0.2, -0.15) is 5.26 Å². The molecular weight excluding hydrogens is 294 g/mol. The van der Waals surface area contributed by atoms with Crippen LogP contribution in [0.25, 0.3) is 15.9 Å². The standard InChI is InChI=1S/C17H15N3OS/c1-3-12(9-18)13(4-2)14-7-8-15-16(19-14)22-17(21)20(15)10-11-5-6-11/h3-4,7-8,11H,1-2,5-6,10H2. The number of hydrogen-bond acceptors (Lipinski definition) is 4. The van der Waals surface area contributed by atoms with E-state index in [0.717, 1.165) is 23.4 Å². The van der Waals surface area contributed by atoms with E-state index in [0.29, 0.717) is 27.6 Å². The molecule has 0 bridgehead atoms. The average Bonchev–Trinajstić information content (AvgIpc) is 3.29. The first kappa shape index (κ1) is 14.5. The fraction of sp³-hybridized carbons (Fsp3) is 0.235. The van der Waals surface area contributed by atoms with E-state index < -0.39 is 0 Å².